The summed E-state index contributed by atoms with van der Waals surface area (Å²) in [6.07, 6.45) is 1.60. The van der Waals surface area contributed by atoms with Crippen molar-refractivity contribution in [2.75, 3.05) is 0 Å². The quantitative estimate of drug-likeness (QED) is 0.667. The van der Waals surface area contributed by atoms with Crippen LogP contribution in [0.5, 0.6) is 0 Å². The number of rotatable bonds is 5. The number of furan rings is 1. The molecule has 1 aromatic carbocycles. The monoisotopic (exact) mass is 266 g/mol. The highest BCUT2D eigenvalue weighted by molar-refractivity contribution is 6.32. The van der Waals surface area contributed by atoms with Gasteiger partial charge in [0.15, 0.2) is 0 Å². The molecule has 0 aliphatic carbocycles. The maximum Gasteiger partial charge on any atom is 0.288 e. The predicted molar refractivity (Wildman–Crippen MR) is 67.4 cm³/mol. The standard InChI is InChI=1S/C12H11ClN2O3/c13-11-4-3-9(6-12(11)15(16)17)7-14-8-10-2-1-5-18-10/h1-6,14H,7-8H2. The average molecular weight is 267 g/mol. The highest BCUT2D eigenvalue weighted by atomic mass is 35.5. The van der Waals surface area contributed by atoms with E-state index in [1.54, 1.807) is 12.3 Å². The molecule has 94 valence electrons. The van der Waals surface area contributed by atoms with Gasteiger partial charge < -0.3 is 9.73 Å². The maximum absolute atomic E-state index is 10.7. The summed E-state index contributed by atoms with van der Waals surface area (Å²) in [7, 11) is 0. The van der Waals surface area contributed by atoms with Gasteiger partial charge >= 0.3 is 0 Å². The molecule has 0 spiro atoms. The van der Waals surface area contributed by atoms with Crippen LogP contribution in [-0.4, -0.2) is 4.92 Å². The van der Waals surface area contributed by atoms with E-state index in [1.165, 1.54) is 12.1 Å². The van der Waals surface area contributed by atoms with Gasteiger partial charge in [0.1, 0.15) is 10.8 Å². The van der Waals surface area contributed by atoms with Gasteiger partial charge in [-0.3, -0.25) is 10.1 Å². The lowest BCUT2D eigenvalue weighted by Crippen LogP contribution is -2.12. The summed E-state index contributed by atoms with van der Waals surface area (Å²) < 4.78 is 5.16. The second kappa shape index (κ2) is 5.66. The Kier molecular flexibility index (Phi) is 3.96. The van der Waals surface area contributed by atoms with Crippen molar-refractivity contribution in [1.29, 1.82) is 0 Å². The molecule has 1 N–H and O–H groups in total. The number of benzene rings is 1. The smallest absolute Gasteiger partial charge is 0.288 e. The Labute approximate surface area is 109 Å². The van der Waals surface area contributed by atoms with Crippen LogP contribution in [-0.2, 0) is 13.1 Å². The van der Waals surface area contributed by atoms with Crippen LogP contribution in [0.1, 0.15) is 11.3 Å². The Hall–Kier alpha value is -1.85. The highest BCUT2D eigenvalue weighted by Crippen LogP contribution is 2.24. The SMILES string of the molecule is O=[N+]([O-])c1cc(CNCc2ccco2)ccc1Cl. The Morgan fingerprint density at radius 3 is 2.83 bits per heavy atom. The fourth-order valence-corrected chi connectivity index (χ4v) is 1.74. The van der Waals surface area contributed by atoms with E-state index in [0.717, 1.165) is 11.3 Å². The molecule has 0 fully saturated rings. The normalized spacial score (nSPS) is 10.5. The summed E-state index contributed by atoms with van der Waals surface area (Å²) in [4.78, 5) is 10.2. The fraction of sp³-hybridized carbons (Fsp3) is 0.167. The topological polar surface area (TPSA) is 68.3 Å². The van der Waals surface area contributed by atoms with E-state index in [2.05, 4.69) is 5.32 Å². The second-order valence-corrected chi connectivity index (χ2v) is 4.13. The minimum Gasteiger partial charge on any atom is -0.468 e. The van der Waals surface area contributed by atoms with Gasteiger partial charge in [-0.05, 0) is 23.8 Å². The summed E-state index contributed by atoms with van der Waals surface area (Å²) >= 11 is 5.73. The zero-order valence-electron chi connectivity index (χ0n) is 9.43. The minimum atomic E-state index is -0.488. The number of nitrogens with zero attached hydrogens (tertiary/aromatic N) is 1. The van der Waals surface area contributed by atoms with Gasteiger partial charge in [-0.25, -0.2) is 0 Å². The van der Waals surface area contributed by atoms with E-state index in [4.69, 9.17) is 16.0 Å². The molecule has 0 saturated carbocycles. The molecule has 0 radical (unpaired) electrons. The molecule has 0 aliphatic heterocycles. The van der Waals surface area contributed by atoms with Gasteiger partial charge in [0, 0.05) is 12.6 Å². The van der Waals surface area contributed by atoms with Crippen LogP contribution in [0.15, 0.2) is 41.0 Å². The Morgan fingerprint density at radius 1 is 1.33 bits per heavy atom. The van der Waals surface area contributed by atoms with E-state index in [-0.39, 0.29) is 10.7 Å². The number of halogens is 1. The molecule has 0 unspecified atom stereocenters. The number of hydrogen-bond acceptors (Lipinski definition) is 4. The van der Waals surface area contributed by atoms with E-state index in [0.29, 0.717) is 13.1 Å². The largest absolute Gasteiger partial charge is 0.468 e. The molecule has 18 heavy (non-hydrogen) atoms. The zero-order valence-corrected chi connectivity index (χ0v) is 10.2. The van der Waals surface area contributed by atoms with E-state index >= 15 is 0 Å². The third-order valence-corrected chi connectivity index (χ3v) is 2.74. The first-order valence-electron chi connectivity index (χ1n) is 5.33. The van der Waals surface area contributed by atoms with Crippen molar-refractivity contribution >= 4 is 17.3 Å². The molecule has 1 aromatic heterocycles. The number of nitro groups is 1. The minimum absolute atomic E-state index is 0.0750. The summed E-state index contributed by atoms with van der Waals surface area (Å²) in [6, 6.07) is 8.42. The summed E-state index contributed by atoms with van der Waals surface area (Å²) in [5, 5.41) is 14.0. The van der Waals surface area contributed by atoms with Gasteiger partial charge in [-0.2, -0.15) is 0 Å². The molecule has 6 heteroatoms. The zero-order chi connectivity index (χ0) is 13.0. The van der Waals surface area contributed by atoms with Crippen LogP contribution in [0, 0.1) is 10.1 Å². The molecular weight excluding hydrogens is 256 g/mol. The maximum atomic E-state index is 10.7. The highest BCUT2D eigenvalue weighted by Gasteiger charge is 2.12. The van der Waals surface area contributed by atoms with Crippen LogP contribution in [0.2, 0.25) is 5.02 Å². The van der Waals surface area contributed by atoms with Crippen molar-refractivity contribution in [1.82, 2.24) is 5.32 Å². The van der Waals surface area contributed by atoms with Gasteiger partial charge in [0.2, 0.25) is 0 Å². The Balaban J connectivity index is 1.97. The van der Waals surface area contributed by atoms with Crippen molar-refractivity contribution < 1.29 is 9.34 Å². The van der Waals surface area contributed by atoms with Crippen molar-refractivity contribution in [3.63, 3.8) is 0 Å². The third kappa shape index (κ3) is 3.09. The number of nitrogens with one attached hydrogen (secondary N) is 1. The van der Waals surface area contributed by atoms with Crippen molar-refractivity contribution in [2.24, 2.45) is 0 Å². The molecule has 0 aliphatic rings. The van der Waals surface area contributed by atoms with Crippen molar-refractivity contribution in [2.45, 2.75) is 13.1 Å². The number of nitro benzene ring substituents is 1. The first-order valence-corrected chi connectivity index (χ1v) is 5.70. The Morgan fingerprint density at radius 2 is 2.17 bits per heavy atom. The molecule has 0 amide bonds. The molecular formula is C12H11ClN2O3. The lowest BCUT2D eigenvalue weighted by Gasteiger charge is -2.03. The molecule has 1 heterocycles. The molecule has 2 rings (SSSR count). The van der Waals surface area contributed by atoms with Crippen LogP contribution < -0.4 is 5.32 Å². The van der Waals surface area contributed by atoms with E-state index in [1.807, 2.05) is 12.1 Å². The molecule has 0 atom stereocenters. The van der Waals surface area contributed by atoms with Crippen molar-refractivity contribution in [3.05, 3.63) is 63.1 Å². The second-order valence-electron chi connectivity index (χ2n) is 3.73. The molecule has 0 bridgehead atoms. The lowest BCUT2D eigenvalue weighted by atomic mass is 10.2. The number of hydrogen-bond donors (Lipinski definition) is 1. The lowest BCUT2D eigenvalue weighted by molar-refractivity contribution is -0.384. The Bertz CT molecular complexity index is 540. The molecule has 2 aromatic rings. The predicted octanol–water partition coefficient (Wildman–Crippen LogP) is 3.13. The van der Waals surface area contributed by atoms with Gasteiger partial charge in [-0.1, -0.05) is 17.7 Å². The summed E-state index contributed by atoms with van der Waals surface area (Å²) in [5.41, 5.74) is 0.728. The van der Waals surface area contributed by atoms with Crippen molar-refractivity contribution in [3.8, 4) is 0 Å². The molecule has 0 saturated heterocycles. The first-order chi connectivity index (χ1) is 8.66. The summed E-state index contributed by atoms with van der Waals surface area (Å²) in [5.74, 6) is 0.818. The first kappa shape index (κ1) is 12.6. The van der Waals surface area contributed by atoms with Gasteiger partial charge in [-0.15, -0.1) is 0 Å². The van der Waals surface area contributed by atoms with E-state index < -0.39 is 4.92 Å². The third-order valence-electron chi connectivity index (χ3n) is 2.42. The van der Waals surface area contributed by atoms with Gasteiger partial charge in [0.05, 0.1) is 17.7 Å². The fourth-order valence-electron chi connectivity index (χ4n) is 1.55. The van der Waals surface area contributed by atoms with E-state index in [9.17, 15) is 10.1 Å². The van der Waals surface area contributed by atoms with Crippen LogP contribution in [0.25, 0.3) is 0 Å². The van der Waals surface area contributed by atoms with Gasteiger partial charge in [0.25, 0.3) is 5.69 Å². The van der Waals surface area contributed by atoms with Crippen LogP contribution in [0.4, 0.5) is 5.69 Å². The average Bonchev–Trinajstić information content (AvgIpc) is 2.84. The summed E-state index contributed by atoms with van der Waals surface area (Å²) in [6.45, 7) is 1.09. The molecule has 5 nitrogen and oxygen atoms in total. The van der Waals surface area contributed by atoms with Crippen LogP contribution in [0.3, 0.4) is 0 Å². The van der Waals surface area contributed by atoms with Crippen LogP contribution >= 0.6 is 11.6 Å².